The zero-order chi connectivity index (χ0) is 14.5. The van der Waals surface area contributed by atoms with Crippen LogP contribution in [-0.4, -0.2) is 32.6 Å². The number of hydrogen-bond donors (Lipinski definition) is 2. The molecule has 0 saturated heterocycles. The summed E-state index contributed by atoms with van der Waals surface area (Å²) >= 11 is 5.91. The molecule has 0 saturated carbocycles. The molecule has 0 bridgehead atoms. The maximum atomic E-state index is 10.6. The van der Waals surface area contributed by atoms with Crippen molar-refractivity contribution in [1.29, 1.82) is 5.26 Å². The Morgan fingerprint density at radius 1 is 1.55 bits per heavy atom. The lowest BCUT2D eigenvalue weighted by Gasteiger charge is -2.06. The lowest BCUT2D eigenvalue weighted by molar-refractivity contribution is 0.0690. The molecule has 102 valence electrons. The van der Waals surface area contributed by atoms with Crippen molar-refractivity contribution < 1.29 is 9.90 Å². The molecule has 2 aromatic rings. The summed E-state index contributed by atoms with van der Waals surface area (Å²) in [7, 11) is 0. The van der Waals surface area contributed by atoms with Crippen molar-refractivity contribution in [1.82, 2.24) is 15.0 Å². The molecule has 0 spiro atoms. The Kier molecular flexibility index (Phi) is 4.17. The van der Waals surface area contributed by atoms with Gasteiger partial charge in [-0.1, -0.05) is 16.8 Å². The molecule has 0 fully saturated rings. The molecule has 0 amide bonds. The highest BCUT2D eigenvalue weighted by Gasteiger charge is 2.07. The number of aromatic nitrogens is 3. The van der Waals surface area contributed by atoms with E-state index in [-0.39, 0.29) is 5.69 Å². The molecule has 0 aliphatic rings. The quantitative estimate of drug-likeness (QED) is 0.867. The first kappa shape index (κ1) is 13.8. The summed E-state index contributed by atoms with van der Waals surface area (Å²) in [6.45, 7) is 0.975. The van der Waals surface area contributed by atoms with E-state index in [1.807, 2.05) is 6.07 Å². The van der Waals surface area contributed by atoms with E-state index >= 15 is 0 Å². The highest BCUT2D eigenvalue weighted by atomic mass is 35.5. The molecule has 2 rings (SSSR count). The van der Waals surface area contributed by atoms with Crippen molar-refractivity contribution in [2.45, 2.75) is 6.54 Å². The summed E-state index contributed by atoms with van der Waals surface area (Å²) < 4.78 is 1.43. The molecule has 1 aromatic heterocycles. The van der Waals surface area contributed by atoms with Gasteiger partial charge < -0.3 is 10.4 Å². The molecule has 0 radical (unpaired) electrons. The Hall–Kier alpha value is -2.59. The minimum absolute atomic E-state index is 0.0913. The Bertz CT molecular complexity index is 677. The molecule has 0 aliphatic carbocycles. The van der Waals surface area contributed by atoms with E-state index in [1.165, 1.54) is 10.9 Å². The van der Waals surface area contributed by atoms with Gasteiger partial charge in [0.2, 0.25) is 0 Å². The van der Waals surface area contributed by atoms with Crippen LogP contribution in [0.3, 0.4) is 0 Å². The third-order valence-corrected chi connectivity index (χ3v) is 2.83. The summed E-state index contributed by atoms with van der Waals surface area (Å²) in [6.07, 6.45) is 1.36. The number of aromatic carboxylic acids is 1. The van der Waals surface area contributed by atoms with Gasteiger partial charge in [-0.25, -0.2) is 9.48 Å². The largest absolute Gasteiger partial charge is 0.476 e. The summed E-state index contributed by atoms with van der Waals surface area (Å²) in [6, 6.07) is 7.01. The zero-order valence-electron chi connectivity index (χ0n) is 10.2. The van der Waals surface area contributed by atoms with Gasteiger partial charge in [0.15, 0.2) is 5.69 Å². The number of nitrogens with zero attached hydrogens (tertiary/aromatic N) is 4. The normalized spacial score (nSPS) is 10.0. The van der Waals surface area contributed by atoms with Crippen LogP contribution in [0.25, 0.3) is 0 Å². The van der Waals surface area contributed by atoms with E-state index in [2.05, 4.69) is 15.6 Å². The average molecular weight is 292 g/mol. The molecule has 0 atom stereocenters. The van der Waals surface area contributed by atoms with Crippen molar-refractivity contribution in [2.24, 2.45) is 0 Å². The number of nitriles is 1. The highest BCUT2D eigenvalue weighted by molar-refractivity contribution is 6.32. The molecule has 20 heavy (non-hydrogen) atoms. The van der Waals surface area contributed by atoms with E-state index in [4.69, 9.17) is 22.0 Å². The van der Waals surface area contributed by atoms with Crippen molar-refractivity contribution in [3.63, 3.8) is 0 Å². The van der Waals surface area contributed by atoms with E-state index in [0.29, 0.717) is 23.7 Å². The van der Waals surface area contributed by atoms with Gasteiger partial charge in [-0.2, -0.15) is 5.26 Å². The van der Waals surface area contributed by atoms with Crippen LogP contribution < -0.4 is 5.32 Å². The first-order chi connectivity index (χ1) is 9.60. The molecular formula is C12H10ClN5O2. The second kappa shape index (κ2) is 6.04. The number of benzene rings is 1. The molecule has 1 heterocycles. The van der Waals surface area contributed by atoms with E-state index in [0.717, 1.165) is 5.69 Å². The smallest absolute Gasteiger partial charge is 0.358 e. The minimum Gasteiger partial charge on any atom is -0.476 e. The van der Waals surface area contributed by atoms with Gasteiger partial charge in [-0.15, -0.1) is 5.10 Å². The second-order valence-corrected chi connectivity index (χ2v) is 4.31. The van der Waals surface area contributed by atoms with Crippen LogP contribution >= 0.6 is 11.6 Å². The fourth-order valence-corrected chi connectivity index (χ4v) is 1.76. The van der Waals surface area contributed by atoms with Gasteiger partial charge in [-0.05, 0) is 18.2 Å². The second-order valence-electron chi connectivity index (χ2n) is 3.91. The molecule has 2 N–H and O–H groups in total. The minimum atomic E-state index is -1.11. The van der Waals surface area contributed by atoms with Crippen LogP contribution in [0.2, 0.25) is 5.02 Å². The van der Waals surface area contributed by atoms with Gasteiger partial charge in [0.05, 0.1) is 23.3 Å². The summed E-state index contributed by atoms with van der Waals surface area (Å²) in [5, 5.41) is 28.1. The van der Waals surface area contributed by atoms with Crippen molar-refractivity contribution in [2.75, 3.05) is 11.9 Å². The number of carboxylic acids is 1. The van der Waals surface area contributed by atoms with Crippen molar-refractivity contribution >= 4 is 23.3 Å². The summed E-state index contributed by atoms with van der Waals surface area (Å²) in [5.41, 5.74) is 1.10. The molecule has 8 heteroatoms. The van der Waals surface area contributed by atoms with Gasteiger partial charge >= 0.3 is 5.97 Å². The number of rotatable bonds is 5. The van der Waals surface area contributed by atoms with Gasteiger partial charge in [0, 0.05) is 12.2 Å². The Morgan fingerprint density at radius 3 is 2.95 bits per heavy atom. The van der Waals surface area contributed by atoms with Crippen LogP contribution in [0.1, 0.15) is 16.1 Å². The van der Waals surface area contributed by atoms with Gasteiger partial charge in [-0.3, -0.25) is 0 Å². The average Bonchev–Trinajstić information content (AvgIpc) is 2.88. The first-order valence-corrected chi connectivity index (χ1v) is 6.05. The lowest BCUT2D eigenvalue weighted by Crippen LogP contribution is -2.11. The number of halogens is 1. The standard InChI is InChI=1S/C12H10ClN5O2/c13-10-5-9(2-1-8(10)6-14)15-3-4-18-7-11(12(19)20)16-17-18/h1-2,5,7,15H,3-4H2,(H,19,20). The predicted molar refractivity (Wildman–Crippen MR) is 71.6 cm³/mol. The summed E-state index contributed by atoms with van der Waals surface area (Å²) in [4.78, 5) is 10.6. The molecule has 7 nitrogen and oxygen atoms in total. The molecule has 0 aliphatic heterocycles. The molecule has 1 aromatic carbocycles. The fourth-order valence-electron chi connectivity index (χ4n) is 1.54. The van der Waals surface area contributed by atoms with Crippen LogP contribution in [-0.2, 0) is 6.54 Å². The Labute approximate surface area is 119 Å². The van der Waals surface area contributed by atoms with E-state index in [1.54, 1.807) is 18.2 Å². The molecule has 0 unspecified atom stereocenters. The van der Waals surface area contributed by atoms with Crippen LogP contribution in [0.4, 0.5) is 5.69 Å². The van der Waals surface area contributed by atoms with Crippen LogP contribution in [0, 0.1) is 11.3 Å². The lowest BCUT2D eigenvalue weighted by atomic mass is 10.2. The maximum Gasteiger partial charge on any atom is 0.358 e. The maximum absolute atomic E-state index is 10.6. The number of hydrogen-bond acceptors (Lipinski definition) is 5. The van der Waals surface area contributed by atoms with E-state index < -0.39 is 5.97 Å². The Balaban J connectivity index is 1.91. The van der Waals surface area contributed by atoms with Crippen molar-refractivity contribution in [3.8, 4) is 6.07 Å². The third-order valence-electron chi connectivity index (χ3n) is 2.52. The number of anilines is 1. The van der Waals surface area contributed by atoms with Gasteiger partial charge in [0.1, 0.15) is 6.07 Å². The number of carboxylic acid groups (broad SMARTS) is 1. The van der Waals surface area contributed by atoms with Gasteiger partial charge in [0.25, 0.3) is 0 Å². The highest BCUT2D eigenvalue weighted by Crippen LogP contribution is 2.19. The fraction of sp³-hybridized carbons (Fsp3) is 0.167. The summed E-state index contributed by atoms with van der Waals surface area (Å²) in [5.74, 6) is -1.11. The Morgan fingerprint density at radius 2 is 2.35 bits per heavy atom. The third kappa shape index (κ3) is 3.24. The monoisotopic (exact) mass is 291 g/mol. The first-order valence-electron chi connectivity index (χ1n) is 5.67. The zero-order valence-corrected chi connectivity index (χ0v) is 11.0. The topological polar surface area (TPSA) is 104 Å². The number of carbonyl (C=O) groups is 1. The number of nitrogens with one attached hydrogen (secondary N) is 1. The van der Waals surface area contributed by atoms with E-state index in [9.17, 15) is 4.79 Å². The molecular weight excluding hydrogens is 282 g/mol. The van der Waals surface area contributed by atoms with Crippen LogP contribution in [0.5, 0.6) is 0 Å². The SMILES string of the molecule is N#Cc1ccc(NCCn2cc(C(=O)O)nn2)cc1Cl. The van der Waals surface area contributed by atoms with Crippen molar-refractivity contribution in [3.05, 3.63) is 40.7 Å². The van der Waals surface area contributed by atoms with Crippen LogP contribution in [0.15, 0.2) is 24.4 Å². The predicted octanol–water partition coefficient (Wildman–Crippen LogP) is 1.61.